The van der Waals surface area contributed by atoms with Crippen LogP contribution in [0.25, 0.3) is 0 Å². The van der Waals surface area contributed by atoms with Gasteiger partial charge in [0.2, 0.25) is 0 Å². The van der Waals surface area contributed by atoms with Crippen LogP contribution in [0.3, 0.4) is 0 Å². The Morgan fingerprint density at radius 2 is 1.89 bits per heavy atom. The zero-order valence-electron chi connectivity index (χ0n) is 15.9. The molecule has 0 aliphatic heterocycles. The monoisotopic (exact) mass is 371 g/mol. The molecule has 0 saturated heterocycles. The minimum Gasteiger partial charge on any atom is -0.493 e. The molecule has 6 heteroatoms. The standard InChI is InChI=1S/C21H26FN3O2/c1-14(27-20-11-7-6-10-19(20)26-3)13-24-21(23-2)25-18-12-16(18)15-8-4-5-9-17(15)22/h4-11,14,16,18H,12-13H2,1-3H3,(H2,23,24,25). The molecule has 1 fully saturated rings. The minimum atomic E-state index is -0.145. The molecule has 3 rings (SSSR count). The number of benzene rings is 2. The third-order valence-electron chi connectivity index (χ3n) is 4.60. The van der Waals surface area contributed by atoms with Gasteiger partial charge in [-0.15, -0.1) is 0 Å². The van der Waals surface area contributed by atoms with E-state index in [1.807, 2.05) is 43.3 Å². The molecule has 2 aromatic rings. The van der Waals surface area contributed by atoms with E-state index in [0.29, 0.717) is 24.0 Å². The molecule has 5 nitrogen and oxygen atoms in total. The fourth-order valence-corrected chi connectivity index (χ4v) is 3.06. The van der Waals surface area contributed by atoms with Gasteiger partial charge in [-0.25, -0.2) is 4.39 Å². The Kier molecular flexibility index (Phi) is 6.16. The predicted octanol–water partition coefficient (Wildman–Crippen LogP) is 3.32. The first-order chi connectivity index (χ1) is 13.1. The van der Waals surface area contributed by atoms with Gasteiger partial charge in [-0.05, 0) is 37.1 Å². The number of ether oxygens (including phenoxy) is 2. The number of nitrogens with zero attached hydrogens (tertiary/aromatic N) is 1. The maximum Gasteiger partial charge on any atom is 0.191 e. The predicted molar refractivity (Wildman–Crippen MR) is 105 cm³/mol. The minimum absolute atomic E-state index is 0.0820. The Morgan fingerprint density at radius 1 is 1.19 bits per heavy atom. The van der Waals surface area contributed by atoms with Crippen molar-refractivity contribution < 1.29 is 13.9 Å². The van der Waals surface area contributed by atoms with Crippen LogP contribution in [-0.4, -0.2) is 38.8 Å². The van der Waals surface area contributed by atoms with Gasteiger partial charge in [0, 0.05) is 19.0 Å². The molecule has 1 saturated carbocycles. The number of nitrogens with one attached hydrogen (secondary N) is 2. The average Bonchev–Trinajstić information content (AvgIpc) is 3.44. The maximum atomic E-state index is 13.9. The number of guanidine groups is 1. The van der Waals surface area contributed by atoms with Crippen molar-refractivity contribution in [3.8, 4) is 11.5 Å². The normalized spacial score (nSPS) is 19.9. The van der Waals surface area contributed by atoms with Crippen molar-refractivity contribution in [3.63, 3.8) is 0 Å². The molecule has 27 heavy (non-hydrogen) atoms. The molecule has 0 radical (unpaired) electrons. The van der Waals surface area contributed by atoms with E-state index in [0.717, 1.165) is 12.0 Å². The first-order valence-electron chi connectivity index (χ1n) is 9.13. The Balaban J connectivity index is 1.48. The molecule has 144 valence electrons. The van der Waals surface area contributed by atoms with Gasteiger partial charge in [0.1, 0.15) is 11.9 Å². The van der Waals surface area contributed by atoms with Crippen LogP contribution in [-0.2, 0) is 0 Å². The SMILES string of the molecule is CN=C(NCC(C)Oc1ccccc1OC)NC1CC1c1ccccc1F. The van der Waals surface area contributed by atoms with E-state index < -0.39 is 0 Å². The van der Waals surface area contributed by atoms with E-state index in [2.05, 4.69) is 15.6 Å². The van der Waals surface area contributed by atoms with E-state index in [-0.39, 0.29) is 23.9 Å². The summed E-state index contributed by atoms with van der Waals surface area (Å²) in [4.78, 5) is 4.25. The van der Waals surface area contributed by atoms with Crippen molar-refractivity contribution in [2.24, 2.45) is 4.99 Å². The zero-order chi connectivity index (χ0) is 19.2. The molecule has 0 heterocycles. The highest BCUT2D eigenvalue weighted by Gasteiger charge is 2.40. The summed E-state index contributed by atoms with van der Waals surface area (Å²) in [6.07, 6.45) is 0.816. The van der Waals surface area contributed by atoms with Crippen molar-refractivity contribution in [2.75, 3.05) is 20.7 Å². The summed E-state index contributed by atoms with van der Waals surface area (Å²) in [6.45, 7) is 2.56. The van der Waals surface area contributed by atoms with Crippen LogP contribution in [0.1, 0.15) is 24.8 Å². The molecular weight excluding hydrogens is 345 g/mol. The lowest BCUT2D eigenvalue weighted by Crippen LogP contribution is -2.43. The van der Waals surface area contributed by atoms with Crippen molar-refractivity contribution in [1.29, 1.82) is 0 Å². The number of halogens is 1. The smallest absolute Gasteiger partial charge is 0.191 e. The Bertz CT molecular complexity index is 797. The number of hydrogen-bond donors (Lipinski definition) is 2. The largest absolute Gasteiger partial charge is 0.493 e. The molecule has 0 aromatic heterocycles. The number of aliphatic imine (C=N–C) groups is 1. The van der Waals surface area contributed by atoms with E-state index in [1.165, 1.54) is 6.07 Å². The summed E-state index contributed by atoms with van der Waals surface area (Å²) in [7, 11) is 3.35. The second-order valence-corrected chi connectivity index (χ2v) is 6.65. The highest BCUT2D eigenvalue weighted by Crippen LogP contribution is 2.41. The first kappa shape index (κ1) is 19.0. The van der Waals surface area contributed by atoms with Gasteiger partial charge >= 0.3 is 0 Å². The zero-order valence-corrected chi connectivity index (χ0v) is 15.9. The highest BCUT2D eigenvalue weighted by atomic mass is 19.1. The molecule has 0 spiro atoms. The third-order valence-corrected chi connectivity index (χ3v) is 4.60. The van der Waals surface area contributed by atoms with Gasteiger partial charge in [0.05, 0.1) is 13.7 Å². The average molecular weight is 371 g/mol. The lowest BCUT2D eigenvalue weighted by Gasteiger charge is -2.19. The van der Waals surface area contributed by atoms with Crippen LogP contribution < -0.4 is 20.1 Å². The van der Waals surface area contributed by atoms with E-state index in [9.17, 15) is 4.39 Å². The first-order valence-corrected chi connectivity index (χ1v) is 9.13. The second kappa shape index (κ2) is 8.75. The Hall–Kier alpha value is -2.76. The van der Waals surface area contributed by atoms with Gasteiger partial charge in [0.25, 0.3) is 0 Å². The molecule has 0 amide bonds. The van der Waals surface area contributed by atoms with Crippen molar-refractivity contribution in [3.05, 3.63) is 59.9 Å². The maximum absolute atomic E-state index is 13.9. The van der Waals surface area contributed by atoms with Gasteiger partial charge in [-0.2, -0.15) is 0 Å². The molecule has 1 aliphatic rings. The quantitative estimate of drug-likeness (QED) is 0.579. The second-order valence-electron chi connectivity index (χ2n) is 6.65. The number of rotatable bonds is 7. The third kappa shape index (κ3) is 4.90. The summed E-state index contributed by atoms with van der Waals surface area (Å²) < 4.78 is 25.1. The topological polar surface area (TPSA) is 54.9 Å². The van der Waals surface area contributed by atoms with Crippen LogP contribution in [0.2, 0.25) is 0 Å². The summed E-state index contributed by atoms with van der Waals surface area (Å²) in [6, 6.07) is 14.7. The van der Waals surface area contributed by atoms with Gasteiger partial charge in [-0.3, -0.25) is 4.99 Å². The van der Waals surface area contributed by atoms with Crippen LogP contribution in [0.4, 0.5) is 4.39 Å². The molecule has 0 bridgehead atoms. The molecule has 2 aromatic carbocycles. The highest BCUT2D eigenvalue weighted by molar-refractivity contribution is 5.80. The van der Waals surface area contributed by atoms with Crippen LogP contribution in [0.15, 0.2) is 53.5 Å². The fourth-order valence-electron chi connectivity index (χ4n) is 3.06. The van der Waals surface area contributed by atoms with Gasteiger partial charge < -0.3 is 20.1 Å². The van der Waals surface area contributed by atoms with E-state index in [4.69, 9.17) is 9.47 Å². The lowest BCUT2D eigenvalue weighted by atomic mass is 10.1. The summed E-state index contributed by atoms with van der Waals surface area (Å²) in [5.41, 5.74) is 0.762. The van der Waals surface area contributed by atoms with E-state index in [1.54, 1.807) is 20.2 Å². The molecular formula is C21H26FN3O2. The van der Waals surface area contributed by atoms with Crippen LogP contribution >= 0.6 is 0 Å². The molecule has 1 aliphatic carbocycles. The number of methoxy groups -OCH3 is 1. The summed E-state index contributed by atoms with van der Waals surface area (Å²) in [5.74, 6) is 2.14. The summed E-state index contributed by atoms with van der Waals surface area (Å²) in [5, 5.41) is 6.61. The fraction of sp³-hybridized carbons (Fsp3) is 0.381. The van der Waals surface area contributed by atoms with Crippen LogP contribution in [0.5, 0.6) is 11.5 Å². The Morgan fingerprint density at radius 3 is 2.59 bits per heavy atom. The van der Waals surface area contributed by atoms with Crippen LogP contribution in [0, 0.1) is 5.82 Å². The summed E-state index contributed by atoms with van der Waals surface area (Å²) >= 11 is 0. The van der Waals surface area contributed by atoms with Crippen molar-refractivity contribution in [2.45, 2.75) is 31.4 Å². The van der Waals surface area contributed by atoms with Crippen molar-refractivity contribution >= 4 is 5.96 Å². The Labute approximate surface area is 159 Å². The number of hydrogen-bond acceptors (Lipinski definition) is 3. The van der Waals surface area contributed by atoms with Crippen molar-refractivity contribution in [1.82, 2.24) is 10.6 Å². The van der Waals surface area contributed by atoms with Gasteiger partial charge in [0.15, 0.2) is 17.5 Å². The van der Waals surface area contributed by atoms with Gasteiger partial charge in [-0.1, -0.05) is 30.3 Å². The molecule has 2 N–H and O–H groups in total. The van der Waals surface area contributed by atoms with E-state index >= 15 is 0 Å². The molecule has 3 atom stereocenters. The molecule has 3 unspecified atom stereocenters. The lowest BCUT2D eigenvalue weighted by molar-refractivity contribution is 0.213. The number of para-hydroxylation sites is 2.